The summed E-state index contributed by atoms with van der Waals surface area (Å²) >= 11 is 5.79. The summed E-state index contributed by atoms with van der Waals surface area (Å²) in [4.78, 5) is 24.0. The first-order valence-electron chi connectivity index (χ1n) is 8.30. The second-order valence-electron chi connectivity index (χ2n) is 6.45. The number of carbonyl (C=O) groups excluding carboxylic acids is 2. The summed E-state index contributed by atoms with van der Waals surface area (Å²) in [6, 6.07) is 6.95. The minimum absolute atomic E-state index is 0.00681. The van der Waals surface area contributed by atoms with Crippen molar-refractivity contribution in [3.63, 3.8) is 0 Å². The molecule has 2 amide bonds. The topological polar surface area (TPSA) is 58.2 Å². The van der Waals surface area contributed by atoms with Crippen LogP contribution in [0.4, 0.5) is 0 Å². The van der Waals surface area contributed by atoms with E-state index in [9.17, 15) is 9.59 Å². The van der Waals surface area contributed by atoms with Gasteiger partial charge in [-0.2, -0.15) is 0 Å². The number of hydrogen-bond acceptors (Lipinski definition) is 2. The van der Waals surface area contributed by atoms with E-state index in [1.807, 2.05) is 0 Å². The molecule has 0 aromatic heterocycles. The van der Waals surface area contributed by atoms with E-state index < -0.39 is 0 Å². The van der Waals surface area contributed by atoms with Gasteiger partial charge in [0.15, 0.2) is 0 Å². The monoisotopic (exact) mass is 336 g/mol. The van der Waals surface area contributed by atoms with Gasteiger partial charge in [0.25, 0.3) is 5.91 Å². The number of amides is 2. The summed E-state index contributed by atoms with van der Waals surface area (Å²) in [6.07, 6.45) is 3.76. The third-order valence-electron chi connectivity index (χ3n) is 4.80. The molecule has 1 aliphatic carbocycles. The molecule has 126 valence electrons. The minimum Gasteiger partial charge on any atom is -0.353 e. The smallest absolute Gasteiger partial charge is 0.251 e. The number of hydrogen-bond donors (Lipinski definition) is 2. The first kappa shape index (κ1) is 17.8. The molecule has 3 atom stereocenters. The molecule has 2 rings (SSSR count). The van der Waals surface area contributed by atoms with Gasteiger partial charge in [0, 0.05) is 29.6 Å². The maximum Gasteiger partial charge on any atom is 0.251 e. The molecular weight excluding hydrogens is 312 g/mol. The highest BCUT2D eigenvalue weighted by molar-refractivity contribution is 6.30. The molecule has 0 unspecified atom stereocenters. The highest BCUT2D eigenvalue weighted by Gasteiger charge is 2.27. The van der Waals surface area contributed by atoms with Crippen LogP contribution in [0.5, 0.6) is 0 Å². The number of rotatable bonds is 5. The Bertz CT molecular complexity index is 544. The lowest BCUT2D eigenvalue weighted by Gasteiger charge is -2.34. The maximum atomic E-state index is 12.0. The molecular formula is C18H25ClN2O2. The fraction of sp³-hybridized carbons (Fsp3) is 0.556. The summed E-state index contributed by atoms with van der Waals surface area (Å²) in [5.41, 5.74) is 0.546. The Morgan fingerprint density at radius 1 is 1.17 bits per heavy atom. The highest BCUT2D eigenvalue weighted by atomic mass is 35.5. The molecule has 1 aromatic carbocycles. The van der Waals surface area contributed by atoms with Gasteiger partial charge in [-0.15, -0.1) is 0 Å². The molecule has 0 aliphatic heterocycles. The van der Waals surface area contributed by atoms with Gasteiger partial charge in [0.2, 0.25) is 5.91 Å². The lowest BCUT2D eigenvalue weighted by Crippen LogP contribution is -2.44. The van der Waals surface area contributed by atoms with Crippen molar-refractivity contribution in [1.29, 1.82) is 0 Å². The van der Waals surface area contributed by atoms with Gasteiger partial charge < -0.3 is 10.6 Å². The fourth-order valence-electron chi connectivity index (χ4n) is 3.06. The molecule has 4 nitrogen and oxygen atoms in total. The molecule has 1 aromatic rings. The third kappa shape index (κ3) is 5.24. The van der Waals surface area contributed by atoms with Gasteiger partial charge in [-0.05, 0) is 42.5 Å². The predicted molar refractivity (Wildman–Crippen MR) is 92.5 cm³/mol. The maximum absolute atomic E-state index is 12.0. The van der Waals surface area contributed by atoms with E-state index in [0.717, 1.165) is 6.42 Å². The van der Waals surface area contributed by atoms with Crippen molar-refractivity contribution in [3.05, 3.63) is 34.9 Å². The molecule has 0 radical (unpaired) electrons. The van der Waals surface area contributed by atoms with E-state index in [0.29, 0.717) is 35.4 Å². The predicted octanol–water partition coefficient (Wildman–Crippen LogP) is 3.40. The number of benzene rings is 1. The molecule has 2 N–H and O–H groups in total. The van der Waals surface area contributed by atoms with Gasteiger partial charge in [-0.25, -0.2) is 0 Å². The van der Waals surface area contributed by atoms with Crippen molar-refractivity contribution in [2.45, 2.75) is 45.6 Å². The van der Waals surface area contributed by atoms with Crippen LogP contribution >= 0.6 is 11.6 Å². The minimum atomic E-state index is -0.186. The quantitative estimate of drug-likeness (QED) is 0.865. The Morgan fingerprint density at radius 2 is 1.87 bits per heavy atom. The van der Waals surface area contributed by atoms with E-state index >= 15 is 0 Å². The third-order valence-corrected chi connectivity index (χ3v) is 5.05. The largest absolute Gasteiger partial charge is 0.353 e. The first-order valence-corrected chi connectivity index (χ1v) is 8.68. The van der Waals surface area contributed by atoms with Gasteiger partial charge in [-0.3, -0.25) is 9.59 Å². The Morgan fingerprint density at radius 3 is 2.57 bits per heavy atom. The number of nitrogens with one attached hydrogen (secondary N) is 2. The first-order chi connectivity index (χ1) is 11.0. The number of halogens is 1. The van der Waals surface area contributed by atoms with E-state index in [1.165, 1.54) is 12.8 Å². The van der Waals surface area contributed by atoms with Crippen LogP contribution in [0.3, 0.4) is 0 Å². The van der Waals surface area contributed by atoms with E-state index in [2.05, 4.69) is 24.5 Å². The molecule has 0 saturated heterocycles. The Kier molecular flexibility index (Phi) is 6.46. The molecule has 1 saturated carbocycles. The average Bonchev–Trinajstić information content (AvgIpc) is 2.52. The van der Waals surface area contributed by atoms with Crippen molar-refractivity contribution < 1.29 is 9.59 Å². The zero-order chi connectivity index (χ0) is 16.8. The van der Waals surface area contributed by atoms with Crippen molar-refractivity contribution in [3.8, 4) is 0 Å². The Hall–Kier alpha value is -1.55. The van der Waals surface area contributed by atoms with Crippen LogP contribution in [0.1, 0.15) is 49.9 Å². The molecule has 1 fully saturated rings. The highest BCUT2D eigenvalue weighted by Crippen LogP contribution is 2.29. The van der Waals surface area contributed by atoms with Gasteiger partial charge in [0.05, 0.1) is 0 Å². The van der Waals surface area contributed by atoms with Crippen LogP contribution in [-0.2, 0) is 4.79 Å². The molecule has 0 spiro atoms. The zero-order valence-electron chi connectivity index (χ0n) is 13.8. The Balaban J connectivity index is 1.72. The molecule has 5 heteroatoms. The lowest BCUT2D eigenvalue weighted by atomic mass is 9.78. The van der Waals surface area contributed by atoms with Crippen LogP contribution in [0.2, 0.25) is 5.02 Å². The van der Waals surface area contributed by atoms with E-state index in [-0.39, 0.29) is 17.9 Å². The molecule has 0 heterocycles. The normalized spacial score (nSPS) is 24.0. The number of carbonyl (C=O) groups is 2. The van der Waals surface area contributed by atoms with Crippen molar-refractivity contribution in [2.24, 2.45) is 11.8 Å². The van der Waals surface area contributed by atoms with Gasteiger partial charge >= 0.3 is 0 Å². The van der Waals surface area contributed by atoms with E-state index in [1.54, 1.807) is 24.3 Å². The van der Waals surface area contributed by atoms with Crippen LogP contribution in [0.25, 0.3) is 0 Å². The summed E-state index contributed by atoms with van der Waals surface area (Å²) in [7, 11) is 0. The average molecular weight is 337 g/mol. The van der Waals surface area contributed by atoms with Crippen LogP contribution in [0, 0.1) is 11.8 Å². The van der Waals surface area contributed by atoms with Gasteiger partial charge in [0.1, 0.15) is 0 Å². The standard InChI is InChI=1S/C18H25ClN2O2/c1-12-4-3-5-16(13(12)2)21-17(22)10-11-20-18(23)14-6-8-15(19)9-7-14/h6-9,12-13,16H,3-5,10-11H2,1-2H3,(H,20,23)(H,21,22)/t12-,13+,16-/m0/s1. The summed E-state index contributed by atoms with van der Waals surface area (Å²) < 4.78 is 0. The second-order valence-corrected chi connectivity index (χ2v) is 6.89. The van der Waals surface area contributed by atoms with Crippen LogP contribution in [-0.4, -0.2) is 24.4 Å². The van der Waals surface area contributed by atoms with Crippen molar-refractivity contribution in [2.75, 3.05) is 6.54 Å². The lowest BCUT2D eigenvalue weighted by molar-refractivity contribution is -0.122. The van der Waals surface area contributed by atoms with Crippen molar-refractivity contribution >= 4 is 23.4 Å². The second kappa shape index (κ2) is 8.34. The van der Waals surface area contributed by atoms with Crippen LogP contribution < -0.4 is 10.6 Å². The van der Waals surface area contributed by atoms with Crippen molar-refractivity contribution in [1.82, 2.24) is 10.6 Å². The fourth-order valence-corrected chi connectivity index (χ4v) is 3.18. The Labute approximate surface area is 143 Å². The molecule has 0 bridgehead atoms. The van der Waals surface area contributed by atoms with Crippen LogP contribution in [0.15, 0.2) is 24.3 Å². The molecule has 23 heavy (non-hydrogen) atoms. The zero-order valence-corrected chi connectivity index (χ0v) is 14.5. The SMILES string of the molecule is C[C@H]1[C@@H](NC(=O)CCNC(=O)c2ccc(Cl)cc2)CCC[C@@H]1C. The molecule has 1 aliphatic rings. The summed E-state index contributed by atoms with van der Waals surface area (Å²) in [6.45, 7) is 4.79. The van der Waals surface area contributed by atoms with Gasteiger partial charge in [-0.1, -0.05) is 38.3 Å². The summed E-state index contributed by atoms with van der Waals surface area (Å²) in [5, 5.41) is 6.47. The summed E-state index contributed by atoms with van der Waals surface area (Å²) in [5.74, 6) is 0.983. The van der Waals surface area contributed by atoms with E-state index in [4.69, 9.17) is 11.6 Å².